The van der Waals surface area contributed by atoms with Crippen LogP contribution in [0.4, 0.5) is 0 Å². The van der Waals surface area contributed by atoms with Gasteiger partial charge in [-0.15, -0.1) is 11.8 Å². The second-order valence-corrected chi connectivity index (χ2v) is 8.69. The quantitative estimate of drug-likeness (QED) is 0.706. The molecular formula is C20H21ClN4O3S. The summed E-state index contributed by atoms with van der Waals surface area (Å²) in [5, 5.41) is 7.32. The lowest BCUT2D eigenvalue weighted by molar-refractivity contribution is -0.143. The van der Waals surface area contributed by atoms with Crippen molar-refractivity contribution in [1.82, 2.24) is 20.4 Å². The van der Waals surface area contributed by atoms with Crippen LogP contribution in [0.15, 0.2) is 34.4 Å². The first kappa shape index (κ1) is 20.0. The summed E-state index contributed by atoms with van der Waals surface area (Å²) in [6.45, 7) is 4.01. The minimum absolute atomic E-state index is 0.156. The molecule has 2 amide bonds. The molecule has 1 fully saturated rings. The van der Waals surface area contributed by atoms with Crippen molar-refractivity contribution in [2.24, 2.45) is 0 Å². The first-order valence-corrected chi connectivity index (χ1v) is 10.9. The molecule has 1 N–H and O–H groups in total. The fourth-order valence-corrected chi connectivity index (χ4v) is 4.88. The summed E-state index contributed by atoms with van der Waals surface area (Å²) in [4.78, 5) is 31.4. The molecule has 7 nitrogen and oxygen atoms in total. The summed E-state index contributed by atoms with van der Waals surface area (Å²) in [5.74, 6) is 1.39. The summed E-state index contributed by atoms with van der Waals surface area (Å²) < 4.78 is 5.41. The van der Waals surface area contributed by atoms with Crippen LogP contribution in [-0.4, -0.2) is 44.0 Å². The number of hydrogen-bond donors (Lipinski definition) is 1. The van der Waals surface area contributed by atoms with Crippen molar-refractivity contribution in [3.8, 4) is 0 Å². The van der Waals surface area contributed by atoms with Gasteiger partial charge < -0.3 is 9.84 Å². The number of hydrogen-bond acceptors (Lipinski definition) is 6. The van der Waals surface area contributed by atoms with E-state index in [1.807, 2.05) is 13.8 Å². The Bertz CT molecular complexity index is 972. The van der Waals surface area contributed by atoms with E-state index in [-0.39, 0.29) is 23.6 Å². The average Bonchev–Trinajstić information content (AvgIpc) is 3.16. The van der Waals surface area contributed by atoms with Gasteiger partial charge in [0.1, 0.15) is 17.1 Å². The number of β-lactam (4-membered cyclic amide) rings is 1. The van der Waals surface area contributed by atoms with Gasteiger partial charge in [0.25, 0.3) is 11.8 Å². The molecule has 0 saturated carbocycles. The Morgan fingerprint density at radius 1 is 1.38 bits per heavy atom. The number of halogens is 1. The minimum Gasteiger partial charge on any atom is -0.341 e. The first-order valence-electron chi connectivity index (χ1n) is 9.49. The largest absolute Gasteiger partial charge is 0.341 e. The maximum atomic E-state index is 12.8. The number of nitrogens with one attached hydrogen (secondary N) is 1. The van der Waals surface area contributed by atoms with Gasteiger partial charge in [0.15, 0.2) is 5.82 Å². The van der Waals surface area contributed by atoms with Crippen LogP contribution in [0, 0.1) is 0 Å². The van der Waals surface area contributed by atoms with Crippen molar-refractivity contribution in [3.63, 3.8) is 0 Å². The lowest BCUT2D eigenvalue weighted by atomic mass is 10.0. The highest BCUT2D eigenvalue weighted by Crippen LogP contribution is 2.43. The van der Waals surface area contributed by atoms with Crippen LogP contribution < -0.4 is 5.32 Å². The predicted octanol–water partition coefficient (Wildman–Crippen LogP) is 3.05. The molecule has 0 spiro atoms. The molecule has 0 bridgehead atoms. The van der Waals surface area contributed by atoms with Gasteiger partial charge in [-0.1, -0.05) is 35.8 Å². The van der Waals surface area contributed by atoms with Crippen molar-refractivity contribution >= 4 is 40.9 Å². The molecular weight excluding hydrogens is 412 g/mol. The van der Waals surface area contributed by atoms with Crippen molar-refractivity contribution in [1.29, 1.82) is 0 Å². The van der Waals surface area contributed by atoms with E-state index in [0.717, 1.165) is 29.7 Å². The molecule has 1 aromatic heterocycles. The minimum atomic E-state index is -0.555. The Balaban J connectivity index is 1.45. The molecule has 152 valence electrons. The number of benzene rings is 1. The Labute approximate surface area is 177 Å². The molecule has 2 aromatic rings. The van der Waals surface area contributed by atoms with Crippen LogP contribution in [0.3, 0.4) is 0 Å². The average molecular weight is 433 g/mol. The predicted molar refractivity (Wildman–Crippen MR) is 111 cm³/mol. The van der Waals surface area contributed by atoms with Gasteiger partial charge in [0.05, 0.1) is 6.42 Å². The molecule has 29 heavy (non-hydrogen) atoms. The van der Waals surface area contributed by atoms with Gasteiger partial charge in [-0.05, 0) is 36.6 Å². The fraction of sp³-hybridized carbons (Fsp3) is 0.400. The van der Waals surface area contributed by atoms with E-state index < -0.39 is 6.04 Å². The Hall–Kier alpha value is -2.32. The number of carbonyl (C=O) groups is 2. The van der Waals surface area contributed by atoms with E-state index >= 15 is 0 Å². The molecule has 2 aliphatic rings. The Morgan fingerprint density at radius 2 is 2.14 bits per heavy atom. The fourth-order valence-electron chi connectivity index (χ4n) is 3.46. The Morgan fingerprint density at radius 3 is 2.86 bits per heavy atom. The number of amides is 2. The van der Waals surface area contributed by atoms with Crippen LogP contribution in [0.1, 0.15) is 37.5 Å². The highest BCUT2D eigenvalue weighted by molar-refractivity contribution is 8.00. The van der Waals surface area contributed by atoms with Crippen LogP contribution in [-0.2, 0) is 22.4 Å². The second-order valence-electron chi connectivity index (χ2n) is 7.15. The van der Waals surface area contributed by atoms with E-state index in [2.05, 4.69) is 15.5 Å². The van der Waals surface area contributed by atoms with E-state index in [9.17, 15) is 9.59 Å². The standard InChI is InChI=1S/C20H21ClN4O3S/c1-3-4-14-22-18(28-24-14)17-11(2)10-29-20-16(19(27)25(17)20)23-15(26)9-12-5-7-13(21)8-6-12/h5-8,16,20H,3-4,9-10H2,1-2H3,(H,23,26)/t16-,20-/m1/s1. The lowest BCUT2D eigenvalue weighted by Gasteiger charge is -2.49. The number of nitrogens with zero attached hydrogens (tertiary/aromatic N) is 3. The lowest BCUT2D eigenvalue weighted by Crippen LogP contribution is -2.69. The van der Waals surface area contributed by atoms with Crippen molar-refractivity contribution in [3.05, 3.63) is 52.1 Å². The van der Waals surface area contributed by atoms with Crippen LogP contribution >= 0.6 is 23.4 Å². The number of rotatable bonds is 6. The third kappa shape index (κ3) is 3.91. The third-order valence-electron chi connectivity index (χ3n) is 4.90. The number of carbonyl (C=O) groups excluding carboxylic acids is 2. The van der Waals surface area contributed by atoms with E-state index in [1.54, 1.807) is 40.9 Å². The van der Waals surface area contributed by atoms with E-state index in [1.165, 1.54) is 0 Å². The maximum Gasteiger partial charge on any atom is 0.274 e. The molecule has 1 aromatic carbocycles. The highest BCUT2D eigenvalue weighted by atomic mass is 35.5. The molecule has 3 heterocycles. The zero-order chi connectivity index (χ0) is 20.5. The first-order chi connectivity index (χ1) is 14.0. The van der Waals surface area contributed by atoms with E-state index in [4.69, 9.17) is 16.1 Å². The zero-order valence-corrected chi connectivity index (χ0v) is 17.7. The number of fused-ring (bicyclic) bond motifs is 1. The molecule has 4 rings (SSSR count). The van der Waals surface area contributed by atoms with Gasteiger partial charge in [0, 0.05) is 17.2 Å². The number of aryl methyl sites for hydroxylation is 1. The molecule has 1 saturated heterocycles. The van der Waals surface area contributed by atoms with Gasteiger partial charge >= 0.3 is 0 Å². The number of aromatic nitrogens is 2. The van der Waals surface area contributed by atoms with Gasteiger partial charge in [-0.3, -0.25) is 14.5 Å². The van der Waals surface area contributed by atoms with Crippen molar-refractivity contribution in [2.75, 3.05) is 5.75 Å². The smallest absolute Gasteiger partial charge is 0.274 e. The van der Waals surface area contributed by atoms with E-state index in [0.29, 0.717) is 22.4 Å². The van der Waals surface area contributed by atoms with Gasteiger partial charge in [-0.25, -0.2) is 0 Å². The Kier molecular flexibility index (Phi) is 5.65. The van der Waals surface area contributed by atoms with Gasteiger partial charge in [0.2, 0.25) is 5.91 Å². The monoisotopic (exact) mass is 432 g/mol. The van der Waals surface area contributed by atoms with Crippen molar-refractivity contribution in [2.45, 2.75) is 44.5 Å². The van der Waals surface area contributed by atoms with Crippen LogP contribution in [0.25, 0.3) is 5.70 Å². The summed E-state index contributed by atoms with van der Waals surface area (Å²) in [6, 6.07) is 6.55. The number of thioether (sulfide) groups is 1. The molecule has 9 heteroatoms. The topological polar surface area (TPSA) is 88.3 Å². The van der Waals surface area contributed by atoms with Crippen molar-refractivity contribution < 1.29 is 14.1 Å². The maximum absolute atomic E-state index is 12.8. The summed E-state index contributed by atoms with van der Waals surface area (Å²) in [7, 11) is 0. The molecule has 0 aliphatic carbocycles. The SMILES string of the molecule is CCCc1noc(C2=C(C)CS[C@@H]3[C@H](NC(=O)Cc4ccc(Cl)cc4)C(=O)N23)n1. The van der Waals surface area contributed by atoms with Crippen LogP contribution in [0.5, 0.6) is 0 Å². The van der Waals surface area contributed by atoms with Crippen LogP contribution in [0.2, 0.25) is 5.02 Å². The molecule has 2 aliphatic heterocycles. The summed E-state index contributed by atoms with van der Waals surface area (Å²) in [6.07, 6.45) is 1.84. The normalized spacial score (nSPS) is 21.1. The molecule has 0 radical (unpaired) electrons. The summed E-state index contributed by atoms with van der Waals surface area (Å²) in [5.41, 5.74) is 2.53. The highest BCUT2D eigenvalue weighted by Gasteiger charge is 2.53. The molecule has 0 unspecified atom stereocenters. The second kappa shape index (κ2) is 8.20. The zero-order valence-electron chi connectivity index (χ0n) is 16.1. The molecule has 2 atom stereocenters. The van der Waals surface area contributed by atoms with Gasteiger partial charge in [-0.2, -0.15) is 4.98 Å². The summed E-state index contributed by atoms with van der Waals surface area (Å²) >= 11 is 7.50. The third-order valence-corrected chi connectivity index (χ3v) is 6.57.